The molecule has 2 heterocycles. The molecule has 0 aliphatic carbocycles. The Hall–Kier alpha value is -1.51. The van der Waals surface area contributed by atoms with Crippen molar-refractivity contribution in [1.29, 1.82) is 0 Å². The summed E-state index contributed by atoms with van der Waals surface area (Å²) in [6.45, 7) is 0. The summed E-state index contributed by atoms with van der Waals surface area (Å²) in [6.07, 6.45) is 8.20. The standard InChI is InChI=1S/C7H6N3/c1-2-8-5-6(1)7-9-3-4-10-7/h1,3-5,8H,(H,9,10). The molecular weight excluding hydrogens is 126 g/mol. The van der Waals surface area contributed by atoms with Gasteiger partial charge in [-0.15, -0.1) is 0 Å². The van der Waals surface area contributed by atoms with E-state index in [-0.39, 0.29) is 0 Å². The summed E-state index contributed by atoms with van der Waals surface area (Å²) in [5.41, 5.74) is 1.03. The van der Waals surface area contributed by atoms with Crippen molar-refractivity contribution in [1.82, 2.24) is 15.0 Å². The van der Waals surface area contributed by atoms with Crippen molar-refractivity contribution < 1.29 is 0 Å². The minimum Gasteiger partial charge on any atom is -0.359 e. The van der Waals surface area contributed by atoms with Gasteiger partial charge in [-0.2, -0.15) is 0 Å². The third-order valence-corrected chi connectivity index (χ3v) is 1.31. The maximum absolute atomic E-state index is 4.06. The van der Waals surface area contributed by atoms with Crippen LogP contribution in [0.5, 0.6) is 0 Å². The molecule has 49 valence electrons. The Morgan fingerprint density at radius 3 is 3.10 bits per heavy atom. The molecule has 0 spiro atoms. The van der Waals surface area contributed by atoms with Crippen LogP contribution in [0.4, 0.5) is 0 Å². The molecule has 0 bridgehead atoms. The normalized spacial score (nSPS) is 10.0. The van der Waals surface area contributed by atoms with Crippen LogP contribution in [0.2, 0.25) is 0 Å². The van der Waals surface area contributed by atoms with E-state index in [4.69, 9.17) is 0 Å². The zero-order chi connectivity index (χ0) is 6.81. The number of rotatable bonds is 1. The SMILES string of the molecule is [c]1cc(-c2ncc[nH]2)c[nH]1. The smallest absolute Gasteiger partial charge is 0.138 e. The van der Waals surface area contributed by atoms with Crippen molar-refractivity contribution in [2.24, 2.45) is 0 Å². The van der Waals surface area contributed by atoms with Gasteiger partial charge >= 0.3 is 0 Å². The zero-order valence-corrected chi connectivity index (χ0v) is 5.26. The van der Waals surface area contributed by atoms with Gasteiger partial charge in [-0.1, -0.05) is 0 Å². The first kappa shape index (κ1) is 5.29. The molecule has 0 aliphatic heterocycles. The second kappa shape index (κ2) is 2.02. The molecule has 10 heavy (non-hydrogen) atoms. The highest BCUT2D eigenvalue weighted by Gasteiger charge is 1.96. The maximum atomic E-state index is 4.06. The molecule has 0 fully saturated rings. The number of aromatic nitrogens is 3. The number of H-pyrrole nitrogens is 2. The second-order valence-electron chi connectivity index (χ2n) is 1.97. The first-order valence-electron chi connectivity index (χ1n) is 3.01. The predicted octanol–water partition coefficient (Wildman–Crippen LogP) is 1.20. The van der Waals surface area contributed by atoms with Crippen LogP contribution in [0, 0.1) is 6.20 Å². The van der Waals surface area contributed by atoms with Crippen LogP contribution in [0.25, 0.3) is 11.4 Å². The van der Waals surface area contributed by atoms with Crippen molar-refractivity contribution in [2.45, 2.75) is 0 Å². The molecule has 2 aromatic rings. The number of imidazole rings is 1. The second-order valence-corrected chi connectivity index (χ2v) is 1.97. The van der Waals surface area contributed by atoms with E-state index in [2.05, 4.69) is 21.1 Å². The van der Waals surface area contributed by atoms with Crippen molar-refractivity contribution in [3.63, 3.8) is 0 Å². The zero-order valence-electron chi connectivity index (χ0n) is 5.26. The molecule has 0 saturated heterocycles. The number of nitrogens with zero attached hydrogens (tertiary/aromatic N) is 1. The van der Waals surface area contributed by atoms with Crippen LogP contribution in [0.1, 0.15) is 0 Å². The quantitative estimate of drug-likeness (QED) is 0.601. The van der Waals surface area contributed by atoms with Crippen LogP contribution >= 0.6 is 0 Å². The fourth-order valence-corrected chi connectivity index (χ4v) is 0.840. The molecule has 0 aliphatic rings. The highest BCUT2D eigenvalue weighted by Crippen LogP contribution is 2.10. The Kier molecular flexibility index (Phi) is 1.07. The molecule has 0 saturated carbocycles. The van der Waals surface area contributed by atoms with E-state index in [9.17, 15) is 0 Å². The average Bonchev–Trinajstić information content (AvgIpc) is 2.59. The van der Waals surface area contributed by atoms with Gasteiger partial charge in [0, 0.05) is 24.2 Å². The van der Waals surface area contributed by atoms with Gasteiger partial charge in [-0.05, 0) is 6.07 Å². The lowest BCUT2D eigenvalue weighted by Gasteiger charge is -1.85. The van der Waals surface area contributed by atoms with Gasteiger partial charge in [-0.25, -0.2) is 4.98 Å². The Balaban J connectivity index is 2.48. The first-order chi connectivity index (χ1) is 4.97. The van der Waals surface area contributed by atoms with E-state index < -0.39 is 0 Å². The van der Waals surface area contributed by atoms with Gasteiger partial charge in [0.1, 0.15) is 5.82 Å². The topological polar surface area (TPSA) is 44.5 Å². The lowest BCUT2D eigenvalue weighted by molar-refractivity contribution is 1.31. The Morgan fingerprint density at radius 1 is 1.50 bits per heavy atom. The summed E-state index contributed by atoms with van der Waals surface area (Å²) in [4.78, 5) is 9.88. The molecule has 3 nitrogen and oxygen atoms in total. The largest absolute Gasteiger partial charge is 0.359 e. The number of hydrogen-bond acceptors (Lipinski definition) is 1. The molecule has 2 rings (SSSR count). The van der Waals surface area contributed by atoms with Gasteiger partial charge in [0.2, 0.25) is 0 Å². The van der Waals surface area contributed by atoms with Crippen molar-refractivity contribution in [2.75, 3.05) is 0 Å². The van der Waals surface area contributed by atoms with Gasteiger partial charge in [-0.3, -0.25) is 0 Å². The van der Waals surface area contributed by atoms with E-state index in [1.165, 1.54) is 0 Å². The van der Waals surface area contributed by atoms with Crippen molar-refractivity contribution in [3.05, 3.63) is 30.9 Å². The van der Waals surface area contributed by atoms with Crippen LogP contribution in [-0.4, -0.2) is 15.0 Å². The van der Waals surface area contributed by atoms with Crippen LogP contribution < -0.4 is 0 Å². The lowest BCUT2D eigenvalue weighted by atomic mass is 10.3. The summed E-state index contributed by atoms with van der Waals surface area (Å²) in [7, 11) is 0. The third-order valence-electron chi connectivity index (χ3n) is 1.31. The number of aromatic amines is 2. The number of nitrogens with one attached hydrogen (secondary N) is 2. The highest BCUT2D eigenvalue weighted by molar-refractivity contribution is 5.52. The van der Waals surface area contributed by atoms with E-state index >= 15 is 0 Å². The Labute approximate surface area is 58.1 Å². The predicted molar refractivity (Wildman–Crippen MR) is 37.2 cm³/mol. The molecule has 0 unspecified atom stereocenters. The molecule has 1 radical (unpaired) electrons. The van der Waals surface area contributed by atoms with Gasteiger partial charge < -0.3 is 9.97 Å². The summed E-state index contributed by atoms with van der Waals surface area (Å²) < 4.78 is 0. The molecule has 2 N–H and O–H groups in total. The van der Waals surface area contributed by atoms with E-state index in [1.54, 1.807) is 12.4 Å². The van der Waals surface area contributed by atoms with Crippen LogP contribution in [0.3, 0.4) is 0 Å². The monoisotopic (exact) mass is 132 g/mol. The molecule has 0 aromatic carbocycles. The number of hydrogen-bond donors (Lipinski definition) is 2. The molecule has 2 aromatic heterocycles. The maximum Gasteiger partial charge on any atom is 0.138 e. The fourth-order valence-electron chi connectivity index (χ4n) is 0.840. The summed E-state index contributed by atoms with van der Waals surface area (Å²) in [5.74, 6) is 0.873. The summed E-state index contributed by atoms with van der Waals surface area (Å²) in [6, 6.07) is 1.85. The summed E-state index contributed by atoms with van der Waals surface area (Å²) >= 11 is 0. The van der Waals surface area contributed by atoms with E-state index in [0.717, 1.165) is 11.4 Å². The van der Waals surface area contributed by atoms with Crippen LogP contribution in [-0.2, 0) is 0 Å². The molecule has 0 atom stereocenters. The van der Waals surface area contributed by atoms with Crippen molar-refractivity contribution in [3.8, 4) is 11.4 Å². The molecule has 0 amide bonds. The van der Waals surface area contributed by atoms with Crippen LogP contribution in [0.15, 0.2) is 24.7 Å². The first-order valence-corrected chi connectivity index (χ1v) is 3.01. The lowest BCUT2D eigenvalue weighted by Crippen LogP contribution is -1.73. The Bertz CT molecular complexity index is 248. The third kappa shape index (κ3) is 0.719. The van der Waals surface area contributed by atoms with Crippen molar-refractivity contribution >= 4 is 0 Å². The average molecular weight is 132 g/mol. The fraction of sp³-hybridized carbons (Fsp3) is 0. The summed E-state index contributed by atoms with van der Waals surface area (Å²) in [5, 5.41) is 0. The van der Waals surface area contributed by atoms with Gasteiger partial charge in [0.25, 0.3) is 0 Å². The molecular formula is C7H6N3. The van der Waals surface area contributed by atoms with Gasteiger partial charge in [0.05, 0.1) is 6.20 Å². The van der Waals surface area contributed by atoms with E-state index in [1.807, 2.05) is 12.3 Å². The molecule has 3 heteroatoms. The van der Waals surface area contributed by atoms with E-state index in [0.29, 0.717) is 0 Å². The minimum atomic E-state index is 0.873. The highest BCUT2D eigenvalue weighted by atomic mass is 14.9. The minimum absolute atomic E-state index is 0.873. The van der Waals surface area contributed by atoms with Gasteiger partial charge in [0.15, 0.2) is 0 Å². The Morgan fingerprint density at radius 2 is 2.50 bits per heavy atom.